The molecule has 3 rings (SSSR count). The van der Waals surface area contributed by atoms with E-state index >= 15 is 0 Å². The van der Waals surface area contributed by atoms with Crippen LogP contribution in [0, 0.1) is 17.6 Å². The zero-order chi connectivity index (χ0) is 19.4. The Balaban J connectivity index is 0.00000280. The van der Waals surface area contributed by atoms with Gasteiger partial charge in [-0.25, -0.2) is 8.78 Å². The summed E-state index contributed by atoms with van der Waals surface area (Å²) in [5.74, 6) is 0.174. The number of aliphatic imine (C=N–C) groups is 1. The Labute approximate surface area is 182 Å². The Hall–Kier alpha value is -1.45. The van der Waals surface area contributed by atoms with Crippen LogP contribution >= 0.6 is 24.0 Å². The minimum Gasteiger partial charge on any atom is -0.359 e. The minimum absolute atomic E-state index is 0. The van der Waals surface area contributed by atoms with Gasteiger partial charge in [0.1, 0.15) is 11.6 Å². The molecule has 0 aromatic heterocycles. The normalized spacial score (nSPS) is 22.4. The first-order valence-corrected chi connectivity index (χ1v) is 9.73. The number of nitrogens with one attached hydrogen (secondary N) is 2. The summed E-state index contributed by atoms with van der Waals surface area (Å²) in [5.41, 5.74) is 0.176. The standard InChI is InChI=1S/C20H28F2N4O.HI/c1-3-24-20(26-9-7-13(8-10-26)11-18(27)23-2)25-17-12-14(17)19-15(21)5-4-6-16(19)22;/h4-6,13-14,17H,3,7-12H2,1-2H3,(H,23,27)(H,24,25);1H. The first-order valence-electron chi connectivity index (χ1n) is 9.73. The maximum absolute atomic E-state index is 14.0. The van der Waals surface area contributed by atoms with E-state index in [1.54, 1.807) is 7.05 Å². The highest BCUT2D eigenvalue weighted by molar-refractivity contribution is 14.0. The van der Waals surface area contributed by atoms with Crippen molar-refractivity contribution in [1.29, 1.82) is 0 Å². The molecule has 0 radical (unpaired) electrons. The van der Waals surface area contributed by atoms with E-state index in [0.717, 1.165) is 31.9 Å². The summed E-state index contributed by atoms with van der Waals surface area (Å²) in [6.45, 7) is 4.28. The van der Waals surface area contributed by atoms with Crippen LogP contribution in [0.25, 0.3) is 0 Å². The zero-order valence-corrected chi connectivity index (χ0v) is 18.7. The van der Waals surface area contributed by atoms with Crippen LogP contribution in [0.15, 0.2) is 23.2 Å². The van der Waals surface area contributed by atoms with Gasteiger partial charge in [0.25, 0.3) is 0 Å². The summed E-state index contributed by atoms with van der Waals surface area (Å²) in [7, 11) is 1.66. The molecule has 1 aliphatic heterocycles. The molecule has 1 aliphatic carbocycles. The molecule has 2 unspecified atom stereocenters. The molecule has 0 spiro atoms. The molecule has 156 valence electrons. The minimum atomic E-state index is -0.478. The van der Waals surface area contributed by atoms with Gasteiger partial charge >= 0.3 is 0 Å². The van der Waals surface area contributed by atoms with E-state index in [1.807, 2.05) is 6.92 Å². The number of benzene rings is 1. The van der Waals surface area contributed by atoms with E-state index in [9.17, 15) is 13.6 Å². The third kappa shape index (κ3) is 5.55. The van der Waals surface area contributed by atoms with Gasteiger partial charge in [-0.2, -0.15) is 0 Å². The number of carbonyl (C=O) groups is 1. The van der Waals surface area contributed by atoms with E-state index < -0.39 is 11.6 Å². The SMILES string of the molecule is CCN=C(NC1CC1c1c(F)cccc1F)N1CCC(CC(=O)NC)CC1.I. The Morgan fingerprint density at radius 2 is 1.89 bits per heavy atom. The number of rotatable bonds is 5. The molecule has 28 heavy (non-hydrogen) atoms. The predicted octanol–water partition coefficient (Wildman–Crippen LogP) is 3.25. The molecule has 2 aliphatic rings. The topological polar surface area (TPSA) is 56.7 Å². The van der Waals surface area contributed by atoms with Gasteiger partial charge in [0.05, 0.1) is 0 Å². The third-order valence-electron chi connectivity index (χ3n) is 5.45. The van der Waals surface area contributed by atoms with Crippen LogP contribution in [-0.2, 0) is 4.79 Å². The predicted molar refractivity (Wildman–Crippen MR) is 117 cm³/mol. The van der Waals surface area contributed by atoms with Crippen molar-refractivity contribution in [3.8, 4) is 0 Å². The molecular formula is C20H29F2IN4O. The molecule has 2 N–H and O–H groups in total. The summed E-state index contributed by atoms with van der Waals surface area (Å²) >= 11 is 0. The number of hydrogen-bond donors (Lipinski definition) is 2. The fourth-order valence-electron chi connectivity index (χ4n) is 3.80. The average molecular weight is 506 g/mol. The van der Waals surface area contributed by atoms with Gasteiger partial charge in [-0.1, -0.05) is 6.07 Å². The third-order valence-corrected chi connectivity index (χ3v) is 5.45. The maximum Gasteiger partial charge on any atom is 0.220 e. The summed E-state index contributed by atoms with van der Waals surface area (Å²) in [6.07, 6.45) is 3.14. The Morgan fingerprint density at radius 3 is 2.46 bits per heavy atom. The second kappa shape index (κ2) is 10.4. The summed E-state index contributed by atoms with van der Waals surface area (Å²) in [6, 6.07) is 4.02. The summed E-state index contributed by atoms with van der Waals surface area (Å²) in [5, 5.41) is 6.08. The second-order valence-electron chi connectivity index (χ2n) is 7.33. The Bertz CT molecular complexity index is 687. The van der Waals surface area contributed by atoms with Crippen LogP contribution in [0.4, 0.5) is 8.78 Å². The fourth-order valence-corrected chi connectivity index (χ4v) is 3.80. The molecule has 1 aromatic carbocycles. The Kier molecular flexibility index (Phi) is 8.45. The molecule has 2 fully saturated rings. The lowest BCUT2D eigenvalue weighted by atomic mass is 9.93. The fraction of sp³-hybridized carbons (Fsp3) is 0.600. The van der Waals surface area contributed by atoms with Crippen molar-refractivity contribution >= 4 is 35.8 Å². The molecule has 1 heterocycles. The largest absolute Gasteiger partial charge is 0.359 e. The van der Waals surface area contributed by atoms with Gasteiger partial charge in [0, 0.05) is 50.6 Å². The number of halogens is 3. The van der Waals surface area contributed by atoms with Crippen molar-refractivity contribution in [2.75, 3.05) is 26.7 Å². The van der Waals surface area contributed by atoms with Crippen molar-refractivity contribution in [3.05, 3.63) is 35.4 Å². The van der Waals surface area contributed by atoms with Gasteiger partial charge in [0.15, 0.2) is 5.96 Å². The molecule has 1 amide bonds. The lowest BCUT2D eigenvalue weighted by Crippen LogP contribution is -2.47. The molecule has 2 atom stereocenters. The van der Waals surface area contributed by atoms with Crippen molar-refractivity contribution < 1.29 is 13.6 Å². The molecule has 5 nitrogen and oxygen atoms in total. The van der Waals surface area contributed by atoms with Crippen molar-refractivity contribution in [3.63, 3.8) is 0 Å². The number of likely N-dealkylation sites (tertiary alicyclic amines) is 1. The van der Waals surface area contributed by atoms with E-state index in [-0.39, 0.29) is 47.4 Å². The lowest BCUT2D eigenvalue weighted by Gasteiger charge is -2.34. The van der Waals surface area contributed by atoms with E-state index in [4.69, 9.17) is 0 Å². The number of nitrogens with zero attached hydrogens (tertiary/aromatic N) is 2. The van der Waals surface area contributed by atoms with Crippen molar-refractivity contribution in [2.45, 2.75) is 44.6 Å². The molecule has 1 aromatic rings. The van der Waals surface area contributed by atoms with Crippen molar-refractivity contribution in [1.82, 2.24) is 15.5 Å². The monoisotopic (exact) mass is 506 g/mol. The van der Waals surface area contributed by atoms with E-state index in [0.29, 0.717) is 25.3 Å². The van der Waals surface area contributed by atoms with Gasteiger partial charge in [-0.3, -0.25) is 9.79 Å². The number of hydrogen-bond acceptors (Lipinski definition) is 2. The van der Waals surface area contributed by atoms with Crippen LogP contribution in [0.1, 0.15) is 44.1 Å². The number of amides is 1. The van der Waals surface area contributed by atoms with E-state index in [1.165, 1.54) is 18.2 Å². The summed E-state index contributed by atoms with van der Waals surface area (Å²) in [4.78, 5) is 18.3. The maximum atomic E-state index is 14.0. The average Bonchev–Trinajstić information content (AvgIpc) is 3.40. The highest BCUT2D eigenvalue weighted by atomic mass is 127. The van der Waals surface area contributed by atoms with Crippen LogP contribution in [0.5, 0.6) is 0 Å². The second-order valence-corrected chi connectivity index (χ2v) is 7.33. The van der Waals surface area contributed by atoms with Crippen molar-refractivity contribution in [2.24, 2.45) is 10.9 Å². The van der Waals surface area contributed by atoms with Crippen LogP contribution in [0.2, 0.25) is 0 Å². The Morgan fingerprint density at radius 1 is 1.25 bits per heavy atom. The van der Waals surface area contributed by atoms with Crippen LogP contribution in [0.3, 0.4) is 0 Å². The molecule has 1 saturated heterocycles. The quantitative estimate of drug-likeness (QED) is 0.367. The molecular weight excluding hydrogens is 477 g/mol. The number of piperidine rings is 1. The lowest BCUT2D eigenvalue weighted by molar-refractivity contribution is -0.121. The smallest absolute Gasteiger partial charge is 0.220 e. The van der Waals surface area contributed by atoms with Crippen LogP contribution < -0.4 is 10.6 Å². The van der Waals surface area contributed by atoms with Gasteiger partial charge in [-0.05, 0) is 44.2 Å². The zero-order valence-electron chi connectivity index (χ0n) is 16.4. The van der Waals surface area contributed by atoms with E-state index in [2.05, 4.69) is 20.5 Å². The first-order chi connectivity index (χ1) is 13.0. The van der Waals surface area contributed by atoms with Gasteiger partial charge < -0.3 is 15.5 Å². The first kappa shape index (κ1) is 22.8. The molecule has 0 bridgehead atoms. The summed E-state index contributed by atoms with van der Waals surface area (Å²) < 4.78 is 28.0. The van der Waals surface area contributed by atoms with Crippen LogP contribution in [-0.4, -0.2) is 49.5 Å². The van der Waals surface area contributed by atoms with Gasteiger partial charge in [0.2, 0.25) is 5.91 Å². The highest BCUT2D eigenvalue weighted by Crippen LogP contribution is 2.43. The van der Waals surface area contributed by atoms with Gasteiger partial charge in [-0.15, -0.1) is 24.0 Å². The highest BCUT2D eigenvalue weighted by Gasteiger charge is 2.43. The number of guanidine groups is 1. The molecule has 8 heteroatoms. The number of carbonyl (C=O) groups excluding carboxylic acids is 1. The molecule has 1 saturated carbocycles.